The summed E-state index contributed by atoms with van der Waals surface area (Å²) in [7, 11) is 0. The number of aromatic hydroxyl groups is 1. The highest BCUT2D eigenvalue weighted by Crippen LogP contribution is 2.43. The largest absolute Gasteiger partial charge is 0.504 e. The van der Waals surface area contributed by atoms with Crippen molar-refractivity contribution in [3.05, 3.63) is 17.2 Å². The summed E-state index contributed by atoms with van der Waals surface area (Å²) in [4.78, 5) is 7.22. The maximum atomic E-state index is 12.3. The quantitative estimate of drug-likeness (QED) is 0.796. The smallest absolute Gasteiger partial charge is 0.297 e. The molecule has 5 heteroatoms. The molecular formula is C9H10F2N2O. The summed E-state index contributed by atoms with van der Waals surface area (Å²) in [6.45, 7) is 1.51. The molecule has 1 aromatic rings. The van der Waals surface area contributed by atoms with E-state index in [0.29, 0.717) is 5.69 Å². The van der Waals surface area contributed by atoms with Gasteiger partial charge in [-0.25, -0.2) is 18.7 Å². The Hall–Kier alpha value is -1.26. The maximum Gasteiger partial charge on any atom is 0.297 e. The van der Waals surface area contributed by atoms with E-state index in [0.717, 1.165) is 12.8 Å². The van der Waals surface area contributed by atoms with Crippen LogP contribution in [0.3, 0.4) is 0 Å². The lowest BCUT2D eigenvalue weighted by atomic mass is 10.2. The third-order valence-corrected chi connectivity index (χ3v) is 2.26. The van der Waals surface area contributed by atoms with Crippen molar-refractivity contribution in [3.63, 3.8) is 0 Å². The number of hydrogen-bond acceptors (Lipinski definition) is 3. The second kappa shape index (κ2) is 3.15. The Morgan fingerprint density at radius 1 is 1.36 bits per heavy atom. The van der Waals surface area contributed by atoms with Crippen LogP contribution >= 0.6 is 0 Å². The summed E-state index contributed by atoms with van der Waals surface area (Å²) in [5.41, 5.74) is 0.616. The summed E-state index contributed by atoms with van der Waals surface area (Å²) < 4.78 is 24.7. The number of hydrogen-bond donors (Lipinski definition) is 1. The lowest BCUT2D eigenvalue weighted by Gasteiger charge is -2.07. The first-order valence-electron chi connectivity index (χ1n) is 4.45. The van der Waals surface area contributed by atoms with Gasteiger partial charge in [-0.3, -0.25) is 0 Å². The maximum absolute atomic E-state index is 12.3. The number of nitrogens with zero attached hydrogens (tertiary/aromatic N) is 2. The van der Waals surface area contributed by atoms with Crippen LogP contribution in [-0.2, 0) is 0 Å². The lowest BCUT2D eigenvalue weighted by molar-refractivity contribution is 0.139. The number of rotatable bonds is 2. The molecular weight excluding hydrogens is 190 g/mol. The zero-order valence-electron chi connectivity index (χ0n) is 7.67. The average Bonchev–Trinajstić information content (AvgIpc) is 2.92. The minimum absolute atomic E-state index is 0.0306. The minimum atomic E-state index is -2.67. The predicted octanol–water partition coefficient (Wildman–Crippen LogP) is 2.31. The van der Waals surface area contributed by atoms with Crippen LogP contribution in [0.5, 0.6) is 5.75 Å². The van der Waals surface area contributed by atoms with Crippen molar-refractivity contribution in [1.82, 2.24) is 9.97 Å². The van der Waals surface area contributed by atoms with E-state index in [-0.39, 0.29) is 17.4 Å². The van der Waals surface area contributed by atoms with Gasteiger partial charge in [-0.1, -0.05) is 0 Å². The molecule has 1 aromatic heterocycles. The van der Waals surface area contributed by atoms with Crippen LogP contribution in [0, 0.1) is 6.92 Å². The van der Waals surface area contributed by atoms with Gasteiger partial charge in [0.1, 0.15) is 0 Å². The fourth-order valence-corrected chi connectivity index (χ4v) is 1.35. The molecule has 0 bridgehead atoms. The van der Waals surface area contributed by atoms with Crippen molar-refractivity contribution >= 4 is 0 Å². The van der Waals surface area contributed by atoms with Gasteiger partial charge in [-0.05, 0) is 19.8 Å². The van der Waals surface area contributed by atoms with E-state index in [4.69, 9.17) is 0 Å². The molecule has 76 valence electrons. The second-order valence-corrected chi connectivity index (χ2v) is 3.48. The van der Waals surface area contributed by atoms with Crippen LogP contribution < -0.4 is 0 Å². The lowest BCUT2D eigenvalue weighted by Crippen LogP contribution is -2.02. The van der Waals surface area contributed by atoms with Crippen LogP contribution in [0.15, 0.2) is 0 Å². The summed E-state index contributed by atoms with van der Waals surface area (Å²) in [5.74, 6) is -0.367. The van der Waals surface area contributed by atoms with E-state index in [1.54, 1.807) is 0 Å². The summed E-state index contributed by atoms with van der Waals surface area (Å²) in [6, 6.07) is 0. The molecule has 1 aliphatic carbocycles. The van der Waals surface area contributed by atoms with Gasteiger partial charge in [0.2, 0.25) is 0 Å². The fourth-order valence-electron chi connectivity index (χ4n) is 1.35. The van der Waals surface area contributed by atoms with Gasteiger partial charge in [0.25, 0.3) is 6.43 Å². The standard InChI is InChI=1S/C9H10F2N2O/c1-4-7(14)6(5-2-3-5)13-9(12-4)8(10)11/h5,8,14H,2-3H2,1H3. The van der Waals surface area contributed by atoms with E-state index >= 15 is 0 Å². The van der Waals surface area contributed by atoms with E-state index < -0.39 is 12.2 Å². The highest BCUT2D eigenvalue weighted by atomic mass is 19.3. The Kier molecular flexibility index (Phi) is 2.09. The van der Waals surface area contributed by atoms with Crippen molar-refractivity contribution in [2.75, 3.05) is 0 Å². The predicted molar refractivity (Wildman–Crippen MR) is 45.4 cm³/mol. The third kappa shape index (κ3) is 1.54. The van der Waals surface area contributed by atoms with E-state index in [2.05, 4.69) is 9.97 Å². The monoisotopic (exact) mass is 200 g/mol. The first-order chi connectivity index (χ1) is 6.59. The van der Waals surface area contributed by atoms with Gasteiger partial charge < -0.3 is 5.11 Å². The van der Waals surface area contributed by atoms with Crippen LogP contribution in [0.4, 0.5) is 8.78 Å². The number of aromatic nitrogens is 2. The molecule has 1 fully saturated rings. The van der Waals surface area contributed by atoms with Gasteiger partial charge in [0.15, 0.2) is 11.6 Å². The first-order valence-corrected chi connectivity index (χ1v) is 4.45. The first kappa shape index (κ1) is 9.30. The summed E-state index contributed by atoms with van der Waals surface area (Å²) in [6.07, 6.45) is -0.855. The van der Waals surface area contributed by atoms with E-state index in [1.807, 2.05) is 0 Å². The van der Waals surface area contributed by atoms with Crippen molar-refractivity contribution in [2.24, 2.45) is 0 Å². The zero-order valence-corrected chi connectivity index (χ0v) is 7.67. The molecule has 1 aliphatic rings. The summed E-state index contributed by atoms with van der Waals surface area (Å²) in [5, 5.41) is 9.54. The Bertz CT molecular complexity index is 364. The molecule has 1 saturated carbocycles. The molecule has 0 radical (unpaired) electrons. The number of aryl methyl sites for hydroxylation is 1. The molecule has 14 heavy (non-hydrogen) atoms. The Labute approximate surface area is 79.8 Å². The zero-order chi connectivity index (χ0) is 10.3. The van der Waals surface area contributed by atoms with Crippen LogP contribution in [-0.4, -0.2) is 15.1 Å². The molecule has 1 N–H and O–H groups in total. The van der Waals surface area contributed by atoms with Crippen LogP contribution in [0.2, 0.25) is 0 Å². The molecule has 0 aromatic carbocycles. The van der Waals surface area contributed by atoms with Crippen molar-refractivity contribution < 1.29 is 13.9 Å². The van der Waals surface area contributed by atoms with Gasteiger partial charge in [-0.2, -0.15) is 0 Å². The summed E-state index contributed by atoms with van der Waals surface area (Å²) >= 11 is 0. The van der Waals surface area contributed by atoms with E-state index in [9.17, 15) is 13.9 Å². The molecule has 3 nitrogen and oxygen atoms in total. The molecule has 0 amide bonds. The average molecular weight is 200 g/mol. The normalized spacial score (nSPS) is 16.3. The van der Waals surface area contributed by atoms with E-state index in [1.165, 1.54) is 6.92 Å². The Morgan fingerprint density at radius 3 is 2.50 bits per heavy atom. The van der Waals surface area contributed by atoms with Gasteiger partial charge >= 0.3 is 0 Å². The third-order valence-electron chi connectivity index (χ3n) is 2.26. The SMILES string of the molecule is Cc1nc(C(F)F)nc(C2CC2)c1O. The molecule has 0 atom stereocenters. The highest BCUT2D eigenvalue weighted by molar-refractivity contribution is 5.35. The minimum Gasteiger partial charge on any atom is -0.504 e. The van der Waals surface area contributed by atoms with Gasteiger partial charge in [0.05, 0.1) is 11.4 Å². The molecule has 0 aliphatic heterocycles. The fraction of sp³-hybridized carbons (Fsp3) is 0.556. The van der Waals surface area contributed by atoms with Gasteiger partial charge in [0, 0.05) is 5.92 Å². The molecule has 0 saturated heterocycles. The molecule has 0 spiro atoms. The highest BCUT2D eigenvalue weighted by Gasteiger charge is 2.30. The molecule has 1 heterocycles. The van der Waals surface area contributed by atoms with Crippen molar-refractivity contribution in [2.45, 2.75) is 32.1 Å². The van der Waals surface area contributed by atoms with Crippen LogP contribution in [0.1, 0.15) is 42.4 Å². The molecule has 2 rings (SSSR count). The Balaban J connectivity index is 2.46. The van der Waals surface area contributed by atoms with Crippen LogP contribution in [0.25, 0.3) is 0 Å². The number of alkyl halides is 2. The van der Waals surface area contributed by atoms with Crippen molar-refractivity contribution in [3.8, 4) is 5.75 Å². The topological polar surface area (TPSA) is 46.0 Å². The number of halogens is 2. The van der Waals surface area contributed by atoms with Crippen molar-refractivity contribution in [1.29, 1.82) is 0 Å². The Morgan fingerprint density at radius 2 is 2.00 bits per heavy atom. The second-order valence-electron chi connectivity index (χ2n) is 3.48. The molecule has 0 unspecified atom stereocenters. The van der Waals surface area contributed by atoms with Gasteiger partial charge in [-0.15, -0.1) is 0 Å².